The topological polar surface area (TPSA) is 142 Å². The third-order valence-electron chi connectivity index (χ3n) is 4.94. The molecule has 2 N–H and O–H groups in total. The van der Waals surface area contributed by atoms with E-state index < -0.39 is 15.9 Å². The van der Waals surface area contributed by atoms with Crippen molar-refractivity contribution in [2.45, 2.75) is 11.5 Å². The Bertz CT molecular complexity index is 1570. The molecule has 15 heteroatoms. The minimum atomic E-state index is -4.02. The number of anilines is 2. The average molecular weight is 614 g/mol. The molecule has 11 nitrogen and oxygen atoms in total. The van der Waals surface area contributed by atoms with E-state index in [1.54, 1.807) is 6.07 Å². The molecular formula is C24H19Cl3N4O7S. The SMILES string of the molecule is COc1cc(NS(=O)(=O)c2ccc(NC(=O)c3ccc(COc4c(Cl)cc(Cl)cc4Cl)o3)cc2)nc(OC)n1. The fraction of sp³-hybridized carbons (Fsp3) is 0.125. The normalized spacial score (nSPS) is 11.1. The zero-order chi connectivity index (χ0) is 28.2. The summed E-state index contributed by atoms with van der Waals surface area (Å²) in [5.41, 5.74) is 0.332. The van der Waals surface area contributed by atoms with Crippen molar-refractivity contribution in [1.82, 2.24) is 9.97 Å². The van der Waals surface area contributed by atoms with E-state index in [1.165, 1.54) is 62.8 Å². The first kappa shape index (κ1) is 28.3. The van der Waals surface area contributed by atoms with Gasteiger partial charge in [-0.05, 0) is 48.5 Å². The van der Waals surface area contributed by atoms with Crippen LogP contribution in [0.5, 0.6) is 17.6 Å². The van der Waals surface area contributed by atoms with E-state index in [0.717, 1.165) is 0 Å². The van der Waals surface area contributed by atoms with E-state index >= 15 is 0 Å². The zero-order valence-electron chi connectivity index (χ0n) is 20.2. The van der Waals surface area contributed by atoms with Gasteiger partial charge in [0.05, 0.1) is 29.2 Å². The van der Waals surface area contributed by atoms with Crippen LogP contribution in [0.4, 0.5) is 11.5 Å². The fourth-order valence-electron chi connectivity index (χ4n) is 3.15. The molecule has 2 heterocycles. The molecule has 0 bridgehead atoms. The third-order valence-corrected chi connectivity index (χ3v) is 7.09. The lowest BCUT2D eigenvalue weighted by Gasteiger charge is -2.10. The molecule has 0 aliphatic carbocycles. The van der Waals surface area contributed by atoms with E-state index in [2.05, 4.69) is 20.0 Å². The summed E-state index contributed by atoms with van der Waals surface area (Å²) in [4.78, 5) is 20.4. The van der Waals surface area contributed by atoms with E-state index in [-0.39, 0.29) is 50.8 Å². The lowest BCUT2D eigenvalue weighted by molar-refractivity contribution is 0.0992. The van der Waals surface area contributed by atoms with Crippen LogP contribution in [0.15, 0.2) is 63.9 Å². The quantitative estimate of drug-likeness (QED) is 0.231. The van der Waals surface area contributed by atoms with Gasteiger partial charge in [-0.3, -0.25) is 9.52 Å². The second-order valence-corrected chi connectivity index (χ2v) is 10.6. The lowest BCUT2D eigenvalue weighted by Crippen LogP contribution is -2.15. The Balaban J connectivity index is 1.39. The van der Waals surface area contributed by atoms with Crippen LogP contribution in [0.25, 0.3) is 0 Å². The predicted molar refractivity (Wildman–Crippen MR) is 145 cm³/mol. The van der Waals surface area contributed by atoms with Gasteiger partial charge < -0.3 is 23.9 Å². The van der Waals surface area contributed by atoms with Crippen LogP contribution in [-0.4, -0.2) is 38.5 Å². The van der Waals surface area contributed by atoms with Gasteiger partial charge in [0.2, 0.25) is 5.88 Å². The molecule has 0 aliphatic heterocycles. The van der Waals surface area contributed by atoms with Crippen molar-refractivity contribution in [3.8, 4) is 17.6 Å². The Morgan fingerprint density at radius 1 is 0.949 bits per heavy atom. The van der Waals surface area contributed by atoms with Crippen molar-refractivity contribution in [3.05, 3.63) is 81.2 Å². The van der Waals surface area contributed by atoms with Gasteiger partial charge in [0, 0.05) is 16.8 Å². The molecule has 2 aromatic heterocycles. The molecule has 2 aromatic carbocycles. The summed E-state index contributed by atoms with van der Waals surface area (Å²) in [6.45, 7) is -0.0437. The summed E-state index contributed by atoms with van der Waals surface area (Å²) < 4.78 is 49.0. The molecule has 0 saturated heterocycles. The number of methoxy groups -OCH3 is 2. The van der Waals surface area contributed by atoms with Gasteiger partial charge >= 0.3 is 6.01 Å². The summed E-state index contributed by atoms with van der Waals surface area (Å²) in [5, 5.41) is 3.45. The number of nitrogens with one attached hydrogen (secondary N) is 2. The highest BCUT2D eigenvalue weighted by Crippen LogP contribution is 2.36. The van der Waals surface area contributed by atoms with Crippen molar-refractivity contribution in [2.75, 3.05) is 24.3 Å². The summed E-state index contributed by atoms with van der Waals surface area (Å²) in [6, 6.07) is 12.7. The lowest BCUT2D eigenvalue weighted by atomic mass is 10.3. The molecule has 0 fully saturated rings. The highest BCUT2D eigenvalue weighted by molar-refractivity contribution is 7.92. The van der Waals surface area contributed by atoms with Crippen LogP contribution in [0.2, 0.25) is 15.1 Å². The molecule has 0 atom stereocenters. The molecule has 39 heavy (non-hydrogen) atoms. The molecule has 0 saturated carbocycles. The maximum Gasteiger partial charge on any atom is 0.321 e. The van der Waals surface area contributed by atoms with Crippen molar-refractivity contribution in [3.63, 3.8) is 0 Å². The Hall–Kier alpha value is -3.71. The van der Waals surface area contributed by atoms with Gasteiger partial charge in [-0.25, -0.2) is 8.42 Å². The smallest absolute Gasteiger partial charge is 0.321 e. The maximum atomic E-state index is 12.8. The van der Waals surface area contributed by atoms with E-state index in [0.29, 0.717) is 16.5 Å². The van der Waals surface area contributed by atoms with Crippen LogP contribution >= 0.6 is 34.8 Å². The fourth-order valence-corrected chi connectivity index (χ4v) is 5.06. The zero-order valence-corrected chi connectivity index (χ0v) is 23.3. The Labute approximate surface area is 238 Å². The first-order chi connectivity index (χ1) is 18.6. The largest absolute Gasteiger partial charge is 0.483 e. The first-order valence-corrected chi connectivity index (χ1v) is 13.5. The number of sulfonamides is 1. The second kappa shape index (κ2) is 12.0. The summed E-state index contributed by atoms with van der Waals surface area (Å²) in [5.74, 6) is 0.0853. The molecular weight excluding hydrogens is 595 g/mol. The molecule has 204 valence electrons. The highest BCUT2D eigenvalue weighted by atomic mass is 35.5. The average Bonchev–Trinajstić information content (AvgIpc) is 3.37. The predicted octanol–water partition coefficient (Wildman–Crippen LogP) is 5.68. The van der Waals surface area contributed by atoms with Gasteiger partial charge in [-0.2, -0.15) is 9.97 Å². The van der Waals surface area contributed by atoms with Gasteiger partial charge in [0.25, 0.3) is 15.9 Å². The van der Waals surface area contributed by atoms with E-state index in [1.807, 2.05) is 0 Å². The number of hydrogen-bond acceptors (Lipinski definition) is 9. The van der Waals surface area contributed by atoms with Crippen molar-refractivity contribution >= 4 is 62.2 Å². The van der Waals surface area contributed by atoms with E-state index in [4.69, 9.17) is 53.4 Å². The van der Waals surface area contributed by atoms with Crippen LogP contribution < -0.4 is 24.2 Å². The molecule has 4 rings (SSSR count). The maximum absolute atomic E-state index is 12.8. The van der Waals surface area contributed by atoms with Crippen LogP contribution in [0, 0.1) is 0 Å². The molecule has 0 spiro atoms. The number of ether oxygens (including phenoxy) is 3. The molecule has 4 aromatic rings. The number of nitrogens with zero attached hydrogens (tertiary/aromatic N) is 2. The Morgan fingerprint density at radius 3 is 2.28 bits per heavy atom. The second-order valence-electron chi connectivity index (χ2n) is 7.62. The summed E-state index contributed by atoms with van der Waals surface area (Å²) in [7, 11) is -1.31. The van der Waals surface area contributed by atoms with E-state index in [9.17, 15) is 13.2 Å². The Morgan fingerprint density at radius 2 is 1.64 bits per heavy atom. The minimum absolute atomic E-state index is 0.00641. The molecule has 0 unspecified atom stereocenters. The van der Waals surface area contributed by atoms with Crippen LogP contribution in [0.3, 0.4) is 0 Å². The third kappa shape index (κ3) is 7.03. The van der Waals surface area contributed by atoms with Crippen molar-refractivity contribution in [1.29, 1.82) is 0 Å². The van der Waals surface area contributed by atoms with Crippen molar-refractivity contribution in [2.24, 2.45) is 0 Å². The standard InChI is InChI=1S/C24H19Cl3N4O7S/c1-35-21-11-20(29-24(30-21)36-2)31-39(33,34)16-6-3-14(4-7-16)28-23(32)19-8-5-15(38-19)12-37-22-17(26)9-13(25)10-18(22)27/h3-11H,12H2,1-2H3,(H,28,32)(H,29,30,31). The monoisotopic (exact) mass is 612 g/mol. The Kier molecular flexibility index (Phi) is 8.70. The van der Waals surface area contributed by atoms with Crippen LogP contribution in [-0.2, 0) is 16.6 Å². The number of aromatic nitrogens is 2. The number of carbonyl (C=O) groups excluding carboxylic acids is 1. The first-order valence-electron chi connectivity index (χ1n) is 10.9. The number of rotatable bonds is 10. The number of halogens is 3. The molecule has 0 radical (unpaired) electrons. The molecule has 0 aliphatic rings. The minimum Gasteiger partial charge on any atom is -0.483 e. The van der Waals surface area contributed by atoms with Crippen molar-refractivity contribution < 1.29 is 31.8 Å². The van der Waals surface area contributed by atoms with Crippen LogP contribution in [0.1, 0.15) is 16.3 Å². The summed E-state index contributed by atoms with van der Waals surface area (Å²) in [6.07, 6.45) is 0. The van der Waals surface area contributed by atoms with Gasteiger partial charge in [-0.1, -0.05) is 34.8 Å². The number of benzene rings is 2. The molecule has 1 amide bonds. The number of hydrogen-bond donors (Lipinski definition) is 2. The van der Waals surface area contributed by atoms with Gasteiger partial charge in [-0.15, -0.1) is 0 Å². The van der Waals surface area contributed by atoms with Gasteiger partial charge in [0.15, 0.2) is 17.3 Å². The highest BCUT2D eigenvalue weighted by Gasteiger charge is 2.18. The summed E-state index contributed by atoms with van der Waals surface area (Å²) >= 11 is 18.1. The number of amides is 1. The number of carbonyl (C=O) groups is 1. The number of furan rings is 1. The van der Waals surface area contributed by atoms with Gasteiger partial charge in [0.1, 0.15) is 12.4 Å².